The first kappa shape index (κ1) is 13.2. The zero-order chi connectivity index (χ0) is 14.0. The van der Waals surface area contributed by atoms with Crippen LogP contribution in [0.15, 0.2) is 18.2 Å². The van der Waals surface area contributed by atoms with Crippen LogP contribution in [0.1, 0.15) is 29.6 Å². The molecule has 6 heteroatoms. The highest BCUT2D eigenvalue weighted by atomic mass is 16.4. The van der Waals surface area contributed by atoms with Gasteiger partial charge in [-0.3, -0.25) is 9.59 Å². The van der Waals surface area contributed by atoms with Crippen LogP contribution >= 0.6 is 0 Å². The highest BCUT2D eigenvalue weighted by molar-refractivity contribution is 5.99. The predicted molar refractivity (Wildman–Crippen MR) is 66.0 cm³/mol. The number of hydrogen-bond acceptors (Lipinski definition) is 4. The Bertz CT molecular complexity index is 494. The highest BCUT2D eigenvalue weighted by Crippen LogP contribution is 2.29. The number of rotatable bonds is 3. The van der Waals surface area contributed by atoms with Crippen LogP contribution in [0.4, 0.5) is 0 Å². The number of carboxylic acid groups (broad SMARTS) is 1. The lowest BCUT2D eigenvalue weighted by Crippen LogP contribution is -2.40. The molecule has 1 amide bonds. The van der Waals surface area contributed by atoms with Gasteiger partial charge in [-0.25, -0.2) is 0 Å². The van der Waals surface area contributed by atoms with Gasteiger partial charge in [0.05, 0.1) is 5.92 Å². The van der Waals surface area contributed by atoms with E-state index >= 15 is 0 Å². The molecule has 1 aliphatic rings. The van der Waals surface area contributed by atoms with Gasteiger partial charge in [-0.2, -0.15) is 0 Å². The third-order valence-corrected chi connectivity index (χ3v) is 3.40. The number of carbonyl (C=O) groups is 2. The molecule has 1 saturated carbocycles. The minimum atomic E-state index is -0.940. The third kappa shape index (κ3) is 2.62. The molecule has 2 unspecified atom stereocenters. The summed E-state index contributed by atoms with van der Waals surface area (Å²) in [6.07, 6.45) is 1.83. The molecule has 1 fully saturated rings. The minimum absolute atomic E-state index is 0.224. The maximum atomic E-state index is 12.0. The number of aromatic hydroxyl groups is 2. The number of aliphatic carboxylic acids is 1. The Hall–Kier alpha value is -2.24. The molecule has 0 radical (unpaired) electrons. The number of nitrogens with one attached hydrogen (secondary N) is 1. The van der Waals surface area contributed by atoms with Gasteiger partial charge in [-0.05, 0) is 25.0 Å². The van der Waals surface area contributed by atoms with Crippen LogP contribution in [0.2, 0.25) is 0 Å². The number of phenols is 2. The van der Waals surface area contributed by atoms with Gasteiger partial charge < -0.3 is 20.6 Å². The van der Waals surface area contributed by atoms with E-state index in [2.05, 4.69) is 5.32 Å². The number of phenolic OH excluding ortho intramolecular Hbond substituents is 2. The lowest BCUT2D eigenvalue weighted by atomic mass is 10.0. The lowest BCUT2D eigenvalue weighted by Gasteiger charge is -2.18. The Morgan fingerprint density at radius 1 is 1.16 bits per heavy atom. The monoisotopic (exact) mass is 265 g/mol. The number of carbonyl (C=O) groups excluding carboxylic acids is 1. The molecule has 6 nitrogen and oxygen atoms in total. The Labute approximate surface area is 109 Å². The van der Waals surface area contributed by atoms with Crippen molar-refractivity contribution in [1.82, 2.24) is 5.32 Å². The predicted octanol–water partition coefficient (Wildman–Crippen LogP) is 1.08. The van der Waals surface area contributed by atoms with Crippen LogP contribution in [0.5, 0.6) is 11.5 Å². The zero-order valence-electron chi connectivity index (χ0n) is 10.2. The fourth-order valence-electron chi connectivity index (χ4n) is 2.43. The third-order valence-electron chi connectivity index (χ3n) is 3.40. The fourth-order valence-corrected chi connectivity index (χ4v) is 2.43. The fraction of sp³-hybridized carbons (Fsp3) is 0.385. The van der Waals surface area contributed by atoms with E-state index in [1.165, 1.54) is 18.2 Å². The van der Waals surface area contributed by atoms with Gasteiger partial charge in [0.2, 0.25) is 0 Å². The van der Waals surface area contributed by atoms with Gasteiger partial charge in [0, 0.05) is 6.04 Å². The molecule has 1 aliphatic carbocycles. The molecule has 0 heterocycles. The number of hydrogen-bond donors (Lipinski definition) is 4. The average molecular weight is 265 g/mol. The summed E-state index contributed by atoms with van der Waals surface area (Å²) in [6, 6.07) is 3.52. The molecular weight excluding hydrogens is 250 g/mol. The maximum Gasteiger partial charge on any atom is 0.308 e. The molecule has 1 aromatic carbocycles. The molecule has 4 N–H and O–H groups in total. The van der Waals surface area contributed by atoms with Crippen molar-refractivity contribution in [2.24, 2.45) is 5.92 Å². The van der Waals surface area contributed by atoms with Crippen LogP contribution < -0.4 is 5.32 Å². The first-order chi connectivity index (χ1) is 9.00. The second kappa shape index (κ2) is 5.17. The SMILES string of the molecule is O=C(NC1CCCC1C(=O)O)c1c(O)cccc1O. The van der Waals surface area contributed by atoms with E-state index < -0.39 is 23.8 Å². The van der Waals surface area contributed by atoms with Crippen molar-refractivity contribution in [3.63, 3.8) is 0 Å². The van der Waals surface area contributed by atoms with E-state index in [9.17, 15) is 19.8 Å². The summed E-state index contributed by atoms with van der Waals surface area (Å²) in [5.41, 5.74) is -0.224. The zero-order valence-corrected chi connectivity index (χ0v) is 10.2. The van der Waals surface area contributed by atoms with Crippen molar-refractivity contribution < 1.29 is 24.9 Å². The van der Waals surface area contributed by atoms with Crippen molar-refractivity contribution in [2.75, 3.05) is 0 Å². The van der Waals surface area contributed by atoms with E-state index in [1.54, 1.807) is 0 Å². The van der Waals surface area contributed by atoms with Crippen molar-refractivity contribution in [1.29, 1.82) is 0 Å². The van der Waals surface area contributed by atoms with E-state index in [0.29, 0.717) is 12.8 Å². The number of benzene rings is 1. The molecule has 2 rings (SSSR count). The van der Waals surface area contributed by atoms with Crippen molar-refractivity contribution >= 4 is 11.9 Å². The topological polar surface area (TPSA) is 107 Å². The lowest BCUT2D eigenvalue weighted by molar-refractivity contribution is -0.142. The average Bonchev–Trinajstić information content (AvgIpc) is 2.76. The van der Waals surface area contributed by atoms with E-state index in [-0.39, 0.29) is 17.1 Å². The van der Waals surface area contributed by atoms with Crippen molar-refractivity contribution in [2.45, 2.75) is 25.3 Å². The van der Waals surface area contributed by atoms with E-state index in [1.807, 2.05) is 0 Å². The standard InChI is InChI=1S/C13H15NO5/c15-9-5-2-6-10(16)11(9)12(17)14-8-4-1-3-7(8)13(18)19/h2,5-8,15-16H,1,3-4H2,(H,14,17)(H,18,19). The van der Waals surface area contributed by atoms with Gasteiger partial charge in [0.1, 0.15) is 17.1 Å². The Balaban J connectivity index is 2.15. The molecule has 2 atom stereocenters. The van der Waals surface area contributed by atoms with Crippen LogP contribution in [-0.4, -0.2) is 33.2 Å². The molecule has 0 aliphatic heterocycles. The van der Waals surface area contributed by atoms with Crippen LogP contribution in [-0.2, 0) is 4.79 Å². The molecule has 102 valence electrons. The van der Waals surface area contributed by atoms with Gasteiger partial charge in [-0.1, -0.05) is 12.5 Å². The van der Waals surface area contributed by atoms with E-state index in [4.69, 9.17) is 5.11 Å². The quantitative estimate of drug-likeness (QED) is 0.654. The van der Waals surface area contributed by atoms with Crippen LogP contribution in [0.25, 0.3) is 0 Å². The summed E-state index contributed by atoms with van der Waals surface area (Å²) in [6.45, 7) is 0. The molecule has 0 bridgehead atoms. The summed E-state index contributed by atoms with van der Waals surface area (Å²) < 4.78 is 0. The Kier molecular flexibility index (Phi) is 3.59. The Morgan fingerprint density at radius 2 is 1.79 bits per heavy atom. The molecule has 0 aromatic heterocycles. The van der Waals surface area contributed by atoms with Gasteiger partial charge in [0.15, 0.2) is 0 Å². The largest absolute Gasteiger partial charge is 0.507 e. The summed E-state index contributed by atoms with van der Waals surface area (Å²) in [5, 5.41) is 30.7. The van der Waals surface area contributed by atoms with Crippen LogP contribution in [0, 0.1) is 5.92 Å². The summed E-state index contributed by atoms with van der Waals surface area (Å²) >= 11 is 0. The van der Waals surface area contributed by atoms with Gasteiger partial charge in [-0.15, -0.1) is 0 Å². The molecule has 19 heavy (non-hydrogen) atoms. The van der Waals surface area contributed by atoms with Gasteiger partial charge >= 0.3 is 5.97 Å². The maximum absolute atomic E-state index is 12.0. The normalized spacial score (nSPS) is 22.1. The van der Waals surface area contributed by atoms with Crippen molar-refractivity contribution in [3.05, 3.63) is 23.8 Å². The second-order valence-electron chi connectivity index (χ2n) is 4.63. The van der Waals surface area contributed by atoms with Crippen molar-refractivity contribution in [3.8, 4) is 11.5 Å². The highest BCUT2D eigenvalue weighted by Gasteiger charge is 2.34. The molecule has 1 aromatic rings. The molecular formula is C13H15NO5. The number of carboxylic acids is 1. The Morgan fingerprint density at radius 3 is 2.37 bits per heavy atom. The first-order valence-corrected chi connectivity index (χ1v) is 6.05. The molecule has 0 saturated heterocycles. The summed E-state index contributed by atoms with van der Waals surface area (Å²) in [5.74, 6) is -2.88. The van der Waals surface area contributed by atoms with Gasteiger partial charge in [0.25, 0.3) is 5.91 Å². The first-order valence-electron chi connectivity index (χ1n) is 6.05. The minimum Gasteiger partial charge on any atom is -0.507 e. The van der Waals surface area contributed by atoms with Crippen LogP contribution in [0.3, 0.4) is 0 Å². The number of amides is 1. The smallest absolute Gasteiger partial charge is 0.308 e. The summed E-state index contributed by atoms with van der Waals surface area (Å²) in [7, 11) is 0. The van der Waals surface area contributed by atoms with E-state index in [0.717, 1.165) is 6.42 Å². The second-order valence-corrected chi connectivity index (χ2v) is 4.63. The summed E-state index contributed by atoms with van der Waals surface area (Å²) in [4.78, 5) is 23.0. The molecule has 0 spiro atoms.